The van der Waals surface area contributed by atoms with Gasteiger partial charge in [-0.15, -0.1) is 0 Å². The largest absolute Gasteiger partial charge is 0.494 e. The molecule has 1 fully saturated rings. The Bertz CT molecular complexity index is 1080. The molecule has 3 aromatic carbocycles. The Labute approximate surface area is 143 Å². The van der Waals surface area contributed by atoms with Crippen molar-refractivity contribution >= 4 is 34.1 Å². The molecular formula is C20H21BO2. The molecule has 0 N–H and O–H groups in total. The predicted octanol–water partition coefficient (Wildman–Crippen LogP) is 4.29. The van der Waals surface area contributed by atoms with Crippen molar-refractivity contribution in [3.05, 3.63) is 54.5 Å². The van der Waals surface area contributed by atoms with E-state index in [1.807, 2.05) is 52.0 Å². The van der Waals surface area contributed by atoms with E-state index in [9.17, 15) is 0 Å². The Hall–Kier alpha value is -1.84. The minimum absolute atomic E-state index is 0.0195. The molecule has 0 bridgehead atoms. The molecule has 3 heteroatoms. The summed E-state index contributed by atoms with van der Waals surface area (Å²) < 4.78 is 44.7. The van der Waals surface area contributed by atoms with E-state index in [1.165, 1.54) is 0 Å². The third-order valence-electron chi connectivity index (χ3n) is 5.02. The number of hydrogen-bond acceptors (Lipinski definition) is 2. The summed E-state index contributed by atoms with van der Waals surface area (Å²) in [6, 6.07) is 8.96. The number of fused-ring (bicyclic) bond motifs is 3. The SMILES string of the molecule is [2H]c1c([2H])c([2H])c2c(ccc3ccc(B4OC(C)(C)C(C)(C)O4)cc32)c1[2H]. The van der Waals surface area contributed by atoms with Gasteiger partial charge in [-0.1, -0.05) is 54.5 Å². The highest BCUT2D eigenvalue weighted by atomic mass is 16.7. The molecule has 0 atom stereocenters. The van der Waals surface area contributed by atoms with E-state index in [1.54, 1.807) is 6.07 Å². The molecule has 2 nitrogen and oxygen atoms in total. The summed E-state index contributed by atoms with van der Waals surface area (Å²) in [4.78, 5) is 0. The number of hydrogen-bond donors (Lipinski definition) is 0. The quantitative estimate of drug-likeness (QED) is 0.493. The van der Waals surface area contributed by atoms with Crippen molar-refractivity contribution in [2.75, 3.05) is 0 Å². The van der Waals surface area contributed by atoms with Gasteiger partial charge in [-0.2, -0.15) is 0 Å². The normalized spacial score (nSPS) is 22.0. The molecule has 0 spiro atoms. The molecule has 0 saturated carbocycles. The molecule has 1 saturated heterocycles. The summed E-state index contributed by atoms with van der Waals surface area (Å²) >= 11 is 0. The Kier molecular flexibility index (Phi) is 2.28. The number of benzene rings is 3. The summed E-state index contributed by atoms with van der Waals surface area (Å²) in [5.74, 6) is 0. The second kappa shape index (κ2) is 4.83. The zero-order valence-electron chi connectivity index (χ0n) is 17.8. The minimum atomic E-state index is -0.523. The maximum atomic E-state index is 8.36. The van der Waals surface area contributed by atoms with Crippen LogP contribution in [0.3, 0.4) is 0 Å². The fourth-order valence-electron chi connectivity index (χ4n) is 2.89. The van der Waals surface area contributed by atoms with E-state index in [0.717, 1.165) is 16.2 Å². The highest BCUT2D eigenvalue weighted by Crippen LogP contribution is 2.36. The first-order valence-electron chi connectivity index (χ1n) is 9.82. The zero-order chi connectivity index (χ0) is 19.7. The van der Waals surface area contributed by atoms with Gasteiger partial charge < -0.3 is 9.31 Å². The van der Waals surface area contributed by atoms with Crippen LogP contribution in [-0.4, -0.2) is 18.3 Å². The van der Waals surface area contributed by atoms with Gasteiger partial charge in [-0.25, -0.2) is 0 Å². The minimum Gasteiger partial charge on any atom is -0.399 e. The fraction of sp³-hybridized carbons (Fsp3) is 0.300. The topological polar surface area (TPSA) is 18.5 Å². The highest BCUT2D eigenvalue weighted by Gasteiger charge is 2.51. The molecule has 0 radical (unpaired) electrons. The average Bonchev–Trinajstić information content (AvgIpc) is 2.84. The van der Waals surface area contributed by atoms with Crippen LogP contribution in [0.25, 0.3) is 21.5 Å². The first-order valence-corrected chi connectivity index (χ1v) is 7.82. The summed E-state index contributed by atoms with van der Waals surface area (Å²) in [7, 11) is -0.523. The van der Waals surface area contributed by atoms with Gasteiger partial charge in [0.15, 0.2) is 0 Å². The lowest BCUT2D eigenvalue weighted by atomic mass is 9.78. The van der Waals surface area contributed by atoms with Crippen LogP contribution in [0.2, 0.25) is 0 Å². The monoisotopic (exact) mass is 308 g/mol. The van der Waals surface area contributed by atoms with Crippen LogP contribution in [0.5, 0.6) is 0 Å². The van der Waals surface area contributed by atoms with Crippen LogP contribution in [0.4, 0.5) is 0 Å². The molecule has 0 amide bonds. The van der Waals surface area contributed by atoms with Crippen molar-refractivity contribution in [3.8, 4) is 0 Å². The van der Waals surface area contributed by atoms with Crippen molar-refractivity contribution in [2.24, 2.45) is 0 Å². The van der Waals surface area contributed by atoms with Gasteiger partial charge in [0, 0.05) is 0 Å². The van der Waals surface area contributed by atoms with Crippen LogP contribution in [0.1, 0.15) is 33.2 Å². The summed E-state index contributed by atoms with van der Waals surface area (Å²) in [5.41, 5.74) is -0.0649. The second-order valence-corrected chi connectivity index (χ2v) is 7.06. The summed E-state index contributed by atoms with van der Waals surface area (Å²) in [6.45, 7) is 8.00. The van der Waals surface area contributed by atoms with Crippen LogP contribution in [0, 0.1) is 0 Å². The lowest BCUT2D eigenvalue weighted by Crippen LogP contribution is -2.41. The van der Waals surface area contributed by atoms with Crippen molar-refractivity contribution in [1.82, 2.24) is 0 Å². The first-order chi connectivity index (χ1) is 12.5. The fourth-order valence-corrected chi connectivity index (χ4v) is 2.89. The lowest BCUT2D eigenvalue weighted by molar-refractivity contribution is 0.00578. The van der Waals surface area contributed by atoms with E-state index < -0.39 is 18.3 Å². The van der Waals surface area contributed by atoms with Crippen molar-refractivity contribution in [1.29, 1.82) is 0 Å². The van der Waals surface area contributed by atoms with Gasteiger partial charge in [-0.3, -0.25) is 0 Å². The van der Waals surface area contributed by atoms with Crippen LogP contribution >= 0.6 is 0 Å². The van der Waals surface area contributed by atoms with Gasteiger partial charge in [-0.05, 0) is 54.7 Å². The molecule has 0 aliphatic carbocycles. The Morgan fingerprint density at radius 3 is 2.17 bits per heavy atom. The van der Waals surface area contributed by atoms with Crippen molar-refractivity contribution in [3.63, 3.8) is 0 Å². The third kappa shape index (κ3) is 2.27. The second-order valence-electron chi connectivity index (χ2n) is 7.06. The molecule has 0 unspecified atom stereocenters. The molecule has 4 rings (SSSR count). The zero-order valence-corrected chi connectivity index (χ0v) is 13.8. The standard InChI is InChI=1S/C20H21BO2/c1-19(2)20(3,4)23-21(22-19)16-12-11-15-10-9-14-7-5-6-8-17(14)18(15)13-16/h5-13H,1-4H3/i5D,6D,7D,8D. The van der Waals surface area contributed by atoms with Gasteiger partial charge >= 0.3 is 7.12 Å². The number of rotatable bonds is 1. The van der Waals surface area contributed by atoms with Crippen LogP contribution in [-0.2, 0) is 9.31 Å². The van der Waals surface area contributed by atoms with Gasteiger partial charge in [0.05, 0.1) is 16.7 Å². The van der Waals surface area contributed by atoms with Gasteiger partial charge in [0.2, 0.25) is 0 Å². The maximum Gasteiger partial charge on any atom is 0.494 e. The van der Waals surface area contributed by atoms with Gasteiger partial charge in [0.1, 0.15) is 0 Å². The van der Waals surface area contributed by atoms with E-state index in [2.05, 4.69) is 0 Å². The van der Waals surface area contributed by atoms with E-state index in [4.69, 9.17) is 14.8 Å². The van der Waals surface area contributed by atoms with E-state index in [-0.39, 0.29) is 24.2 Å². The predicted molar refractivity (Wildman–Crippen MR) is 97.2 cm³/mol. The summed E-state index contributed by atoms with van der Waals surface area (Å²) in [6.07, 6.45) is 0. The molecular weight excluding hydrogens is 283 g/mol. The van der Waals surface area contributed by atoms with Crippen molar-refractivity contribution in [2.45, 2.75) is 38.9 Å². The smallest absolute Gasteiger partial charge is 0.399 e. The summed E-state index contributed by atoms with van der Waals surface area (Å²) in [5, 5.41) is 2.72. The molecule has 0 aromatic heterocycles. The maximum absolute atomic E-state index is 8.36. The van der Waals surface area contributed by atoms with Gasteiger partial charge in [0.25, 0.3) is 0 Å². The first kappa shape index (κ1) is 10.8. The van der Waals surface area contributed by atoms with Crippen molar-refractivity contribution < 1.29 is 14.8 Å². The molecule has 23 heavy (non-hydrogen) atoms. The Morgan fingerprint density at radius 1 is 0.826 bits per heavy atom. The molecule has 1 heterocycles. The molecule has 1 aliphatic heterocycles. The highest BCUT2D eigenvalue weighted by molar-refractivity contribution is 6.62. The third-order valence-corrected chi connectivity index (χ3v) is 5.02. The lowest BCUT2D eigenvalue weighted by Gasteiger charge is -2.32. The molecule has 116 valence electrons. The average molecular weight is 308 g/mol. The molecule has 3 aromatic rings. The Balaban J connectivity index is 1.96. The van der Waals surface area contributed by atoms with Crippen LogP contribution in [0.15, 0.2) is 54.5 Å². The van der Waals surface area contributed by atoms with Crippen LogP contribution < -0.4 is 5.46 Å². The van der Waals surface area contributed by atoms with E-state index in [0.29, 0.717) is 10.8 Å². The molecule has 1 aliphatic rings. The van der Waals surface area contributed by atoms with E-state index >= 15 is 0 Å². The Morgan fingerprint density at radius 2 is 1.43 bits per heavy atom.